The van der Waals surface area contributed by atoms with Crippen molar-refractivity contribution < 1.29 is 9.15 Å². The summed E-state index contributed by atoms with van der Waals surface area (Å²) in [4.78, 5) is 0. The fraction of sp³-hybridized carbons (Fsp3) is 0.0492. The minimum Gasteiger partial charge on any atom is -0.464 e. The van der Waals surface area contributed by atoms with Gasteiger partial charge in [0.05, 0.1) is 11.1 Å². The lowest BCUT2D eigenvalue weighted by Crippen LogP contribution is -2.09. The highest BCUT2D eigenvalue weighted by atomic mass is 16.5. The molecule has 1 aromatic heterocycles. The topological polar surface area (TPSA) is 34.4 Å². The Morgan fingerprint density at radius 2 is 1.06 bits per heavy atom. The highest BCUT2D eigenvalue weighted by Gasteiger charge is 2.28. The summed E-state index contributed by atoms with van der Waals surface area (Å²) in [5.74, 6) is 0.901. The van der Waals surface area contributed by atoms with Gasteiger partial charge < -0.3 is 14.5 Å². The molecule has 0 saturated heterocycles. The maximum atomic E-state index is 6.49. The third-order valence-electron chi connectivity index (χ3n) is 13.0. The SMILES string of the molecule is c1ccc(-c2ccc(C(Cc3ccccc3-c3cccc4ccccc34)c3ccc(-c4ccc5oc6ccc7c(c6c5c4)NC(c4ccccc4)O7)c(-c4ccccc4)c3)cc2)cc1. The number of hydrogen-bond acceptors (Lipinski definition) is 3. The number of furan rings is 1. The number of anilines is 1. The third-order valence-corrected chi connectivity index (χ3v) is 13.0. The van der Waals surface area contributed by atoms with E-state index >= 15 is 0 Å². The van der Waals surface area contributed by atoms with Crippen LogP contribution in [0.3, 0.4) is 0 Å². The van der Waals surface area contributed by atoms with Crippen LogP contribution in [0.2, 0.25) is 0 Å². The van der Waals surface area contributed by atoms with E-state index in [0.29, 0.717) is 0 Å². The molecule has 2 unspecified atom stereocenters. The molecule has 0 spiro atoms. The first-order chi connectivity index (χ1) is 31.7. The van der Waals surface area contributed by atoms with Gasteiger partial charge in [-0.15, -0.1) is 0 Å². The second-order valence-electron chi connectivity index (χ2n) is 16.8. The van der Waals surface area contributed by atoms with E-state index in [1.165, 1.54) is 66.4 Å². The summed E-state index contributed by atoms with van der Waals surface area (Å²) in [6.45, 7) is 0. The minimum absolute atomic E-state index is 0.0731. The lowest BCUT2D eigenvalue weighted by Gasteiger charge is -2.23. The molecule has 0 radical (unpaired) electrons. The van der Waals surface area contributed by atoms with Crippen LogP contribution in [-0.4, -0.2) is 0 Å². The smallest absolute Gasteiger partial charge is 0.196 e. The van der Waals surface area contributed by atoms with Gasteiger partial charge in [0.1, 0.15) is 16.9 Å². The van der Waals surface area contributed by atoms with E-state index in [0.717, 1.165) is 50.9 Å². The lowest BCUT2D eigenvalue weighted by atomic mass is 9.81. The van der Waals surface area contributed by atoms with Crippen molar-refractivity contribution in [2.24, 2.45) is 0 Å². The Hall–Kier alpha value is -8.14. The molecule has 0 saturated carbocycles. The van der Waals surface area contributed by atoms with E-state index in [9.17, 15) is 0 Å². The van der Waals surface area contributed by atoms with Gasteiger partial charge in [0.2, 0.25) is 0 Å². The Bertz CT molecular complexity index is 3460. The molecule has 0 bridgehead atoms. The van der Waals surface area contributed by atoms with E-state index in [4.69, 9.17) is 9.15 Å². The maximum Gasteiger partial charge on any atom is 0.196 e. The van der Waals surface area contributed by atoms with Crippen LogP contribution in [0.5, 0.6) is 5.75 Å². The van der Waals surface area contributed by atoms with Crippen LogP contribution >= 0.6 is 0 Å². The average Bonchev–Trinajstić information content (AvgIpc) is 3.98. The first-order valence-electron chi connectivity index (χ1n) is 22.1. The molecule has 3 nitrogen and oxygen atoms in total. The first kappa shape index (κ1) is 37.6. The van der Waals surface area contributed by atoms with Gasteiger partial charge >= 0.3 is 0 Å². The molecule has 64 heavy (non-hydrogen) atoms. The van der Waals surface area contributed by atoms with E-state index < -0.39 is 0 Å². The fourth-order valence-electron chi connectivity index (χ4n) is 9.82. The van der Waals surface area contributed by atoms with E-state index in [1.807, 2.05) is 30.3 Å². The van der Waals surface area contributed by atoms with Crippen molar-refractivity contribution in [1.29, 1.82) is 0 Å². The zero-order valence-corrected chi connectivity index (χ0v) is 35.1. The van der Waals surface area contributed by atoms with Crippen LogP contribution in [0.1, 0.15) is 34.4 Å². The molecule has 10 aromatic carbocycles. The number of ether oxygens (including phenoxy) is 1. The summed E-state index contributed by atoms with van der Waals surface area (Å²) < 4.78 is 12.9. The van der Waals surface area contributed by atoms with Crippen LogP contribution in [0.15, 0.2) is 235 Å². The molecule has 12 rings (SSSR count). The van der Waals surface area contributed by atoms with Crippen molar-refractivity contribution in [3.63, 3.8) is 0 Å². The Morgan fingerprint density at radius 1 is 0.422 bits per heavy atom. The molecule has 2 heterocycles. The summed E-state index contributed by atoms with van der Waals surface area (Å²) in [6, 6.07) is 83.1. The van der Waals surface area contributed by atoms with Crippen molar-refractivity contribution in [3.8, 4) is 50.3 Å². The Morgan fingerprint density at radius 3 is 1.89 bits per heavy atom. The predicted molar refractivity (Wildman–Crippen MR) is 265 cm³/mol. The number of nitrogens with one attached hydrogen (secondary N) is 1. The summed E-state index contributed by atoms with van der Waals surface area (Å²) >= 11 is 0. The summed E-state index contributed by atoms with van der Waals surface area (Å²) in [7, 11) is 0. The highest BCUT2D eigenvalue weighted by Crippen LogP contribution is 2.48. The van der Waals surface area contributed by atoms with Crippen molar-refractivity contribution in [1.82, 2.24) is 0 Å². The molecule has 11 aromatic rings. The van der Waals surface area contributed by atoms with Gasteiger partial charge in [0.25, 0.3) is 0 Å². The molecule has 3 heteroatoms. The van der Waals surface area contributed by atoms with Gasteiger partial charge in [0, 0.05) is 16.9 Å². The van der Waals surface area contributed by atoms with E-state index in [1.54, 1.807) is 0 Å². The number of benzene rings is 10. The summed E-state index contributed by atoms with van der Waals surface area (Å²) in [6.07, 6.45) is 0.558. The first-order valence-corrected chi connectivity index (χ1v) is 22.1. The molecule has 0 aliphatic carbocycles. The van der Waals surface area contributed by atoms with E-state index in [2.05, 4.69) is 206 Å². The van der Waals surface area contributed by atoms with Gasteiger partial charge in [-0.05, 0) is 109 Å². The number of fused-ring (bicyclic) bond motifs is 6. The zero-order chi connectivity index (χ0) is 42.4. The van der Waals surface area contributed by atoms with Crippen molar-refractivity contribution in [3.05, 3.63) is 253 Å². The van der Waals surface area contributed by atoms with E-state index in [-0.39, 0.29) is 12.1 Å². The van der Waals surface area contributed by atoms with Crippen LogP contribution in [0.25, 0.3) is 77.2 Å². The Balaban J connectivity index is 0.994. The molecule has 1 aliphatic heterocycles. The molecule has 1 aliphatic rings. The predicted octanol–water partition coefficient (Wildman–Crippen LogP) is 16.3. The molecule has 1 N–H and O–H groups in total. The second-order valence-corrected chi connectivity index (χ2v) is 16.8. The Labute approximate surface area is 372 Å². The molecule has 2 atom stereocenters. The zero-order valence-electron chi connectivity index (χ0n) is 35.1. The monoisotopic (exact) mass is 821 g/mol. The molecule has 0 fully saturated rings. The van der Waals surface area contributed by atoms with Crippen molar-refractivity contribution >= 4 is 38.4 Å². The molecular weight excluding hydrogens is 779 g/mol. The number of rotatable bonds is 9. The Kier molecular flexibility index (Phi) is 9.38. The van der Waals surface area contributed by atoms with Gasteiger partial charge in [-0.2, -0.15) is 0 Å². The minimum atomic E-state index is -0.270. The van der Waals surface area contributed by atoms with Crippen molar-refractivity contribution in [2.45, 2.75) is 18.6 Å². The standard InChI is InChI=1S/C61H43NO2/c1-4-15-40(16-5-1)41-27-29-44(30-28-41)53(37-46-22-11-13-25-50(46)52-26-14-23-42-19-10-12-24-49(42)52)48-31-33-51(54(38-48)43-17-6-2-7-18-43)47-32-34-56-55(39-47)59-57(63-56)35-36-58-60(59)62-61(64-58)45-20-8-3-9-21-45/h1-36,38-39,53,61-62H,37H2. The van der Waals surface area contributed by atoms with Crippen molar-refractivity contribution in [2.75, 3.05) is 5.32 Å². The van der Waals surface area contributed by atoms with Crippen LogP contribution in [0.4, 0.5) is 5.69 Å². The van der Waals surface area contributed by atoms with Crippen LogP contribution in [-0.2, 0) is 6.42 Å². The van der Waals surface area contributed by atoms with Gasteiger partial charge in [-0.3, -0.25) is 0 Å². The van der Waals surface area contributed by atoms with Gasteiger partial charge in [-0.1, -0.05) is 200 Å². The highest BCUT2D eigenvalue weighted by molar-refractivity contribution is 6.14. The lowest BCUT2D eigenvalue weighted by molar-refractivity contribution is 0.260. The largest absolute Gasteiger partial charge is 0.464 e. The molecule has 0 amide bonds. The fourth-order valence-corrected chi connectivity index (χ4v) is 9.82. The number of hydrogen-bond donors (Lipinski definition) is 1. The van der Waals surface area contributed by atoms with Gasteiger partial charge in [0.15, 0.2) is 6.23 Å². The quantitative estimate of drug-likeness (QED) is 0.157. The van der Waals surface area contributed by atoms with Crippen LogP contribution < -0.4 is 10.1 Å². The van der Waals surface area contributed by atoms with Crippen LogP contribution in [0, 0.1) is 0 Å². The van der Waals surface area contributed by atoms with Gasteiger partial charge in [-0.25, -0.2) is 0 Å². The average molecular weight is 822 g/mol. The summed E-state index contributed by atoms with van der Waals surface area (Å²) in [5.41, 5.74) is 17.2. The molecule has 304 valence electrons. The normalized spacial score (nSPS) is 13.7. The second kappa shape index (κ2) is 16.0. The third kappa shape index (κ3) is 6.79. The molecular formula is C61H43NO2. The maximum absolute atomic E-state index is 6.49. The summed E-state index contributed by atoms with van der Waals surface area (Å²) in [5, 5.41) is 8.28.